The van der Waals surface area contributed by atoms with Gasteiger partial charge in [0.05, 0.1) is 17.0 Å². The number of thiocarbonyl (C=S) groups is 1. The van der Waals surface area contributed by atoms with Gasteiger partial charge in [0.15, 0.2) is 10.9 Å². The first-order chi connectivity index (χ1) is 11.7. The van der Waals surface area contributed by atoms with Crippen LogP contribution in [0.4, 0.5) is 5.69 Å². The quantitative estimate of drug-likeness (QED) is 0.340. The molecule has 1 aromatic carbocycles. The first kappa shape index (κ1) is 20.4. The van der Waals surface area contributed by atoms with E-state index < -0.39 is 15.9 Å². The Morgan fingerprint density at radius 2 is 1.88 bits per heavy atom. The highest BCUT2D eigenvalue weighted by molar-refractivity contribution is 7.80. The van der Waals surface area contributed by atoms with Crippen molar-refractivity contribution in [2.75, 3.05) is 5.32 Å². The van der Waals surface area contributed by atoms with E-state index in [1.165, 1.54) is 12.3 Å². The molecule has 0 saturated heterocycles. The molecule has 2 rings (SSSR count). The maximum absolute atomic E-state index is 12.1. The average molecular weight is 462 g/mol. The van der Waals surface area contributed by atoms with Gasteiger partial charge >= 0.3 is 0 Å². The second kappa shape index (κ2) is 8.66. The molecule has 0 fully saturated rings. The van der Waals surface area contributed by atoms with Gasteiger partial charge in [-0.25, -0.2) is 0 Å². The minimum Gasteiger partial charge on any atom is -0.459 e. The summed E-state index contributed by atoms with van der Waals surface area (Å²) >= 11 is 34.8. The molecule has 0 aliphatic rings. The van der Waals surface area contributed by atoms with Crippen LogP contribution in [0.3, 0.4) is 0 Å². The Labute approximate surface area is 173 Å². The summed E-state index contributed by atoms with van der Waals surface area (Å²) in [5.41, 5.74) is 0.451. The summed E-state index contributed by atoms with van der Waals surface area (Å²) in [5, 5.41) is 8.89. The van der Waals surface area contributed by atoms with E-state index in [-0.39, 0.29) is 10.9 Å². The zero-order valence-corrected chi connectivity index (χ0v) is 16.8. The Bertz CT molecular complexity index is 764. The Kier molecular flexibility index (Phi) is 7.08. The van der Waals surface area contributed by atoms with Crippen molar-refractivity contribution >= 4 is 86.9 Å². The number of hydrogen-bond acceptors (Lipinski definition) is 3. The number of furan rings is 1. The summed E-state index contributed by atoms with van der Waals surface area (Å²) in [7, 11) is 0. The number of hydrogen-bond donors (Lipinski definition) is 3. The molecule has 0 radical (unpaired) electrons. The molecule has 0 unspecified atom stereocenters. The van der Waals surface area contributed by atoms with Crippen molar-refractivity contribution in [2.24, 2.45) is 0 Å². The normalized spacial score (nSPS) is 12.4. The van der Waals surface area contributed by atoms with Crippen LogP contribution in [-0.2, 0) is 0 Å². The van der Waals surface area contributed by atoms with Crippen LogP contribution in [0.25, 0.3) is 0 Å². The van der Waals surface area contributed by atoms with E-state index in [0.29, 0.717) is 15.7 Å². The van der Waals surface area contributed by atoms with Gasteiger partial charge in [-0.15, -0.1) is 0 Å². The van der Waals surface area contributed by atoms with Gasteiger partial charge in [0.2, 0.25) is 3.79 Å². The van der Waals surface area contributed by atoms with Crippen LogP contribution in [0.1, 0.15) is 10.6 Å². The third-order valence-electron chi connectivity index (χ3n) is 2.80. The lowest BCUT2D eigenvalue weighted by molar-refractivity contribution is 0.0906. The Balaban J connectivity index is 2.07. The van der Waals surface area contributed by atoms with Gasteiger partial charge in [-0.1, -0.05) is 58.0 Å². The molecular weight excluding hydrogens is 452 g/mol. The van der Waals surface area contributed by atoms with Crippen molar-refractivity contribution in [3.8, 4) is 0 Å². The van der Waals surface area contributed by atoms with Crippen molar-refractivity contribution in [2.45, 2.75) is 9.96 Å². The molecule has 5 nitrogen and oxygen atoms in total. The lowest BCUT2D eigenvalue weighted by Crippen LogP contribution is -2.56. The predicted octanol–water partition coefficient (Wildman–Crippen LogP) is 5.00. The maximum Gasteiger partial charge on any atom is 0.288 e. The molecule has 134 valence electrons. The number of amides is 1. The third-order valence-corrected chi connectivity index (χ3v) is 4.24. The van der Waals surface area contributed by atoms with E-state index in [1.807, 2.05) is 0 Å². The van der Waals surface area contributed by atoms with Crippen LogP contribution in [-0.4, -0.2) is 21.0 Å². The molecule has 25 heavy (non-hydrogen) atoms. The monoisotopic (exact) mass is 459 g/mol. The van der Waals surface area contributed by atoms with Gasteiger partial charge in [-0.2, -0.15) is 0 Å². The topological polar surface area (TPSA) is 66.3 Å². The zero-order valence-electron chi connectivity index (χ0n) is 12.2. The average Bonchev–Trinajstić information content (AvgIpc) is 3.03. The number of rotatable bonds is 4. The summed E-state index contributed by atoms with van der Waals surface area (Å²) in [4.78, 5) is 12.1. The second-order valence-electron chi connectivity index (χ2n) is 4.65. The fraction of sp³-hybridized carbons (Fsp3) is 0.143. The summed E-state index contributed by atoms with van der Waals surface area (Å²) in [5.74, 6) is -0.532. The highest BCUT2D eigenvalue weighted by Crippen LogP contribution is 2.30. The minimum atomic E-state index is -1.90. The lowest BCUT2D eigenvalue weighted by atomic mass is 10.3. The number of halogens is 5. The molecular formula is C14H10Cl5N3O2S. The lowest BCUT2D eigenvalue weighted by Gasteiger charge is -2.27. The highest BCUT2D eigenvalue weighted by atomic mass is 35.6. The summed E-state index contributed by atoms with van der Waals surface area (Å²) in [6, 6.07) is 7.82. The molecule has 0 saturated carbocycles. The summed E-state index contributed by atoms with van der Waals surface area (Å²) in [6.45, 7) is 0. The fourth-order valence-electron chi connectivity index (χ4n) is 1.69. The molecule has 1 amide bonds. The predicted molar refractivity (Wildman–Crippen MR) is 106 cm³/mol. The van der Waals surface area contributed by atoms with E-state index >= 15 is 0 Å². The van der Waals surface area contributed by atoms with E-state index in [9.17, 15) is 4.79 Å². The second-order valence-corrected chi connectivity index (χ2v) is 8.27. The summed E-state index contributed by atoms with van der Waals surface area (Å²) in [6.07, 6.45) is 0.202. The van der Waals surface area contributed by atoms with Gasteiger partial charge in [-0.05, 0) is 42.5 Å². The van der Waals surface area contributed by atoms with Crippen LogP contribution in [0.15, 0.2) is 41.0 Å². The highest BCUT2D eigenvalue weighted by Gasteiger charge is 2.35. The number of benzene rings is 1. The van der Waals surface area contributed by atoms with Gasteiger partial charge in [0.25, 0.3) is 5.91 Å². The Morgan fingerprint density at radius 1 is 1.16 bits per heavy atom. The molecule has 11 heteroatoms. The molecule has 0 aliphatic heterocycles. The van der Waals surface area contributed by atoms with Crippen molar-refractivity contribution in [3.63, 3.8) is 0 Å². The molecule has 1 atom stereocenters. The van der Waals surface area contributed by atoms with Crippen LogP contribution in [0, 0.1) is 0 Å². The number of carbonyl (C=O) groups is 1. The largest absolute Gasteiger partial charge is 0.459 e. The first-order valence-electron chi connectivity index (χ1n) is 6.60. The van der Waals surface area contributed by atoms with Gasteiger partial charge in [0, 0.05) is 5.02 Å². The maximum atomic E-state index is 12.1. The molecule has 0 aliphatic carbocycles. The number of anilines is 1. The number of carbonyl (C=O) groups excluding carboxylic acids is 1. The van der Waals surface area contributed by atoms with Crippen LogP contribution >= 0.6 is 70.2 Å². The summed E-state index contributed by atoms with van der Waals surface area (Å²) < 4.78 is 3.09. The van der Waals surface area contributed by atoms with Crippen molar-refractivity contribution in [1.82, 2.24) is 10.6 Å². The van der Waals surface area contributed by atoms with Gasteiger partial charge in [-0.3, -0.25) is 4.79 Å². The van der Waals surface area contributed by atoms with E-state index in [4.69, 9.17) is 74.6 Å². The SMILES string of the molecule is O=C(N[C@H](NC(=S)Nc1cc(Cl)ccc1Cl)C(Cl)(Cl)Cl)c1ccco1. The van der Waals surface area contributed by atoms with Crippen molar-refractivity contribution in [1.29, 1.82) is 0 Å². The van der Waals surface area contributed by atoms with Gasteiger partial charge in [0.1, 0.15) is 6.17 Å². The van der Waals surface area contributed by atoms with Gasteiger partial charge < -0.3 is 20.4 Å². The van der Waals surface area contributed by atoms with E-state index in [0.717, 1.165) is 0 Å². The molecule has 1 aromatic heterocycles. The van der Waals surface area contributed by atoms with E-state index in [2.05, 4.69) is 16.0 Å². The first-order valence-corrected chi connectivity index (χ1v) is 8.90. The van der Waals surface area contributed by atoms with Crippen LogP contribution in [0.5, 0.6) is 0 Å². The zero-order chi connectivity index (χ0) is 18.6. The molecule has 0 spiro atoms. The fourth-order valence-corrected chi connectivity index (χ4v) is 2.58. The standard InChI is InChI=1S/C14H10Cl5N3O2S/c15-7-3-4-8(16)9(6-7)20-13(25)22-12(14(17,18)19)21-11(23)10-2-1-5-24-10/h1-6,12H,(H,21,23)(H2,20,22,25)/t12-/m1/s1. The molecule has 2 aromatic rings. The molecule has 1 heterocycles. The molecule has 0 bridgehead atoms. The van der Waals surface area contributed by atoms with Crippen LogP contribution < -0.4 is 16.0 Å². The molecule has 3 N–H and O–H groups in total. The van der Waals surface area contributed by atoms with Crippen molar-refractivity contribution in [3.05, 3.63) is 52.4 Å². The van der Waals surface area contributed by atoms with Crippen LogP contribution in [0.2, 0.25) is 10.0 Å². The minimum absolute atomic E-state index is 0.0535. The van der Waals surface area contributed by atoms with Crippen molar-refractivity contribution < 1.29 is 9.21 Å². The number of nitrogens with one attached hydrogen (secondary N) is 3. The smallest absolute Gasteiger partial charge is 0.288 e. The Hall–Kier alpha value is -0.890. The number of alkyl halides is 3. The Morgan fingerprint density at radius 3 is 2.48 bits per heavy atom. The van der Waals surface area contributed by atoms with E-state index in [1.54, 1.807) is 24.3 Å². The third kappa shape index (κ3) is 6.09.